The molecule has 4 aromatic carbocycles. The predicted octanol–water partition coefficient (Wildman–Crippen LogP) is 9.32. The highest BCUT2D eigenvalue weighted by molar-refractivity contribution is 6.47. The summed E-state index contributed by atoms with van der Waals surface area (Å²) in [5.41, 5.74) is 9.23. The van der Waals surface area contributed by atoms with Crippen molar-refractivity contribution in [2.24, 2.45) is 34.8 Å². The highest BCUT2D eigenvalue weighted by Gasteiger charge is 2.68. The number of aromatic hydroxyl groups is 2. The average Bonchev–Trinajstić information content (AvgIpc) is 3.69. The van der Waals surface area contributed by atoms with Gasteiger partial charge in [-0.2, -0.15) is 0 Å². The fraction of sp³-hybridized carbons (Fsp3) is 0.473. The quantitative estimate of drug-likeness (QED) is 0.0539. The summed E-state index contributed by atoms with van der Waals surface area (Å²) in [6.45, 7) is 10.7. The molecule has 6 bridgehead atoms. The SMILES string of the molecule is C[C@H](CC(=O)[C@@H]1Cc2ccc(O)c(c2)-c2cc(ccc2O)[C@H](N(C)C(=O)[C@H](CCCCN)CC(=O)c2ccc(-c3ccc(Cl)cc3)cc2)C(=O)C[C@@H](C)C(=O)N1)B1O[C@@H]2C[C@@H]3C[C@@H](C3(C)C)[C@]2(C)O1. The number of ketones is 3. The minimum Gasteiger partial charge on any atom is -0.507 e. The van der Waals surface area contributed by atoms with Crippen molar-refractivity contribution in [3.05, 3.63) is 107 Å². The summed E-state index contributed by atoms with van der Waals surface area (Å²) in [5.74, 6) is -3.38. The molecule has 14 heteroatoms. The van der Waals surface area contributed by atoms with Crippen LogP contribution >= 0.6 is 11.6 Å². The second-order valence-corrected chi connectivity index (χ2v) is 21.4. The van der Waals surface area contributed by atoms with Crippen molar-refractivity contribution in [2.45, 2.75) is 122 Å². The van der Waals surface area contributed by atoms with E-state index in [9.17, 15) is 34.2 Å². The van der Waals surface area contributed by atoms with Crippen LogP contribution in [0.4, 0.5) is 0 Å². The van der Waals surface area contributed by atoms with E-state index < -0.39 is 54.2 Å². The number of phenolic OH excluding ortho intramolecular Hbond substituents is 2. The molecule has 9 atom stereocenters. The van der Waals surface area contributed by atoms with Crippen LogP contribution in [0.5, 0.6) is 11.5 Å². The minimum atomic E-state index is -1.25. The molecule has 2 amide bonds. The van der Waals surface area contributed by atoms with Gasteiger partial charge in [-0.05, 0) is 127 Å². The number of hydrogen-bond acceptors (Lipinski definition) is 10. The van der Waals surface area contributed by atoms with E-state index in [2.05, 4.69) is 26.1 Å². The Labute approximate surface area is 410 Å². The van der Waals surface area contributed by atoms with Gasteiger partial charge in [-0.1, -0.05) is 94.2 Å². The fourth-order valence-electron chi connectivity index (χ4n) is 11.6. The number of nitrogens with zero attached hydrogens (tertiary/aromatic N) is 1. The third kappa shape index (κ3) is 10.2. The van der Waals surface area contributed by atoms with Crippen LogP contribution in [0.3, 0.4) is 0 Å². The van der Waals surface area contributed by atoms with Gasteiger partial charge in [0.05, 0.1) is 17.7 Å². The maximum atomic E-state index is 14.8. The van der Waals surface area contributed by atoms with Crippen LogP contribution in [0, 0.1) is 29.1 Å². The molecule has 0 radical (unpaired) electrons. The number of nitrogens with two attached hydrogens (primary N) is 1. The first-order valence-electron chi connectivity index (χ1n) is 24.5. The van der Waals surface area contributed by atoms with Crippen molar-refractivity contribution in [3.63, 3.8) is 0 Å². The van der Waals surface area contributed by atoms with Gasteiger partial charge in [-0.15, -0.1) is 0 Å². The smallest absolute Gasteiger partial charge is 0.461 e. The summed E-state index contributed by atoms with van der Waals surface area (Å²) in [5, 5.41) is 26.2. The molecule has 4 aromatic rings. The van der Waals surface area contributed by atoms with E-state index in [-0.39, 0.29) is 77.2 Å². The lowest BCUT2D eigenvalue weighted by Gasteiger charge is -2.64. The number of Topliss-reactive ketones (excluding diaryl/α,β-unsaturated/α-hetero) is 3. The molecule has 5 N–H and O–H groups in total. The van der Waals surface area contributed by atoms with Crippen molar-refractivity contribution in [1.82, 2.24) is 10.2 Å². The van der Waals surface area contributed by atoms with Crippen molar-refractivity contribution in [2.75, 3.05) is 13.6 Å². The van der Waals surface area contributed by atoms with E-state index in [1.807, 2.05) is 31.2 Å². The van der Waals surface area contributed by atoms with Gasteiger partial charge in [0.15, 0.2) is 17.3 Å². The number of benzene rings is 4. The predicted molar refractivity (Wildman–Crippen MR) is 267 cm³/mol. The molecular weight excluding hydrogens is 893 g/mol. The number of carbonyl (C=O) groups is 5. The number of carbonyl (C=O) groups excluding carboxylic acids is 5. The highest BCUT2D eigenvalue weighted by atomic mass is 35.5. The zero-order valence-electron chi connectivity index (χ0n) is 40.5. The number of likely N-dealkylation sites (N-methyl/N-ethyl adjacent to an activating group) is 1. The maximum absolute atomic E-state index is 14.8. The first-order chi connectivity index (χ1) is 32.8. The Bertz CT molecular complexity index is 2610. The summed E-state index contributed by atoms with van der Waals surface area (Å²) < 4.78 is 13.2. The van der Waals surface area contributed by atoms with E-state index >= 15 is 0 Å². The number of rotatable bonds is 14. The minimum absolute atomic E-state index is 0.0512. The Kier molecular flexibility index (Phi) is 14.6. The van der Waals surface area contributed by atoms with E-state index in [1.165, 1.54) is 24.1 Å². The van der Waals surface area contributed by atoms with Crippen molar-refractivity contribution in [1.29, 1.82) is 0 Å². The van der Waals surface area contributed by atoms with Crippen LogP contribution in [-0.2, 0) is 34.9 Å². The first-order valence-corrected chi connectivity index (χ1v) is 24.9. The number of phenols is 2. The Morgan fingerprint density at radius 2 is 1.54 bits per heavy atom. The molecule has 3 saturated carbocycles. The number of fused-ring (bicyclic) bond motifs is 5. The molecule has 69 heavy (non-hydrogen) atoms. The molecule has 2 heterocycles. The van der Waals surface area contributed by atoms with Crippen LogP contribution in [-0.4, -0.2) is 82.7 Å². The summed E-state index contributed by atoms with van der Waals surface area (Å²) in [4.78, 5) is 73.4. The van der Waals surface area contributed by atoms with Crippen LogP contribution in [0.15, 0.2) is 84.9 Å². The molecule has 364 valence electrons. The molecule has 12 nitrogen and oxygen atoms in total. The molecule has 0 spiro atoms. The van der Waals surface area contributed by atoms with Gasteiger partial charge in [0.1, 0.15) is 17.5 Å². The average molecular weight is 958 g/mol. The Morgan fingerprint density at radius 1 is 0.884 bits per heavy atom. The standard InChI is InChI=1S/C55H65BClN3O9/c1-31-23-48(65)51(60(6)53(67)38(9-7-8-22-58)28-46(63)36-13-11-34(12-14-36)35-15-18-40(57)19-16-35)37-17-21-45(62)42(27-37)41-25-33(10-20-44(41)61)26-43(59-52(31)66)47(64)24-32(2)56-68-50-30-39-29-49(54(39,3)4)55(50,5)69-56/h10-21,25,27,31-32,38-39,43,49-51,61-62H,7-9,22-24,26,28-30,58H2,1-6H3,(H,59,66)/t31-,32-,38-,39+,43+,49+,50-,51+,55+/m1/s1. The molecule has 4 fully saturated rings. The molecule has 5 aliphatic rings. The first kappa shape index (κ1) is 50.1. The van der Waals surface area contributed by atoms with Crippen LogP contribution in [0.2, 0.25) is 10.8 Å². The highest BCUT2D eigenvalue weighted by Crippen LogP contribution is 2.66. The number of unbranched alkanes of at least 4 members (excludes halogenated alkanes) is 1. The van der Waals surface area contributed by atoms with E-state index in [0.29, 0.717) is 59.4 Å². The third-order valence-corrected chi connectivity index (χ3v) is 16.2. The van der Waals surface area contributed by atoms with Gasteiger partial charge >= 0.3 is 7.12 Å². The van der Waals surface area contributed by atoms with Crippen LogP contribution < -0.4 is 11.1 Å². The second-order valence-electron chi connectivity index (χ2n) is 21.0. The maximum Gasteiger partial charge on any atom is 0.461 e. The zero-order valence-corrected chi connectivity index (χ0v) is 41.3. The van der Waals surface area contributed by atoms with Gasteiger partial charge in [0.25, 0.3) is 0 Å². The molecule has 0 aromatic heterocycles. The molecule has 0 unspecified atom stereocenters. The lowest BCUT2D eigenvalue weighted by molar-refractivity contribution is -0.199. The number of nitrogens with one attached hydrogen (secondary N) is 1. The van der Waals surface area contributed by atoms with Gasteiger partial charge in [0, 0.05) is 59.9 Å². The summed E-state index contributed by atoms with van der Waals surface area (Å²) in [6.07, 6.45) is 3.19. The largest absolute Gasteiger partial charge is 0.507 e. The van der Waals surface area contributed by atoms with Crippen molar-refractivity contribution in [3.8, 4) is 33.8 Å². The van der Waals surface area contributed by atoms with Crippen LogP contribution in [0.1, 0.15) is 114 Å². The zero-order chi connectivity index (χ0) is 49.5. The van der Waals surface area contributed by atoms with Crippen molar-refractivity contribution < 1.29 is 43.5 Å². The molecule has 2 aliphatic heterocycles. The summed E-state index contributed by atoms with van der Waals surface area (Å²) >= 11 is 6.09. The number of amides is 2. The Balaban J connectivity index is 1.05. The van der Waals surface area contributed by atoms with Gasteiger partial charge < -0.3 is 35.5 Å². The van der Waals surface area contributed by atoms with E-state index in [1.54, 1.807) is 55.5 Å². The molecular formula is C55H65BClN3O9. The summed E-state index contributed by atoms with van der Waals surface area (Å²) in [6, 6.07) is 21.6. The third-order valence-electron chi connectivity index (χ3n) is 16.0. The van der Waals surface area contributed by atoms with Crippen molar-refractivity contribution >= 4 is 47.9 Å². The van der Waals surface area contributed by atoms with Gasteiger partial charge in [-0.3, -0.25) is 24.0 Å². The molecule has 9 rings (SSSR count). The number of hydrogen-bond donors (Lipinski definition) is 4. The normalized spacial score (nSPS) is 25.9. The fourth-order valence-corrected chi connectivity index (χ4v) is 11.7. The van der Waals surface area contributed by atoms with E-state index in [4.69, 9.17) is 26.6 Å². The van der Waals surface area contributed by atoms with Gasteiger partial charge in [-0.25, -0.2) is 0 Å². The lowest BCUT2D eigenvalue weighted by Crippen LogP contribution is -2.65. The van der Waals surface area contributed by atoms with Gasteiger partial charge in [0.2, 0.25) is 11.8 Å². The van der Waals surface area contributed by atoms with E-state index in [0.717, 1.165) is 24.0 Å². The second kappa shape index (κ2) is 20.2. The Morgan fingerprint density at radius 3 is 2.20 bits per heavy atom. The molecule has 3 aliphatic carbocycles. The molecule has 1 saturated heterocycles. The number of halogens is 1. The monoisotopic (exact) mass is 957 g/mol. The Hall–Kier alpha value is -5.34. The topological polar surface area (TPSA) is 186 Å². The van der Waals surface area contributed by atoms with Crippen LogP contribution in [0.25, 0.3) is 22.3 Å². The lowest BCUT2D eigenvalue weighted by atomic mass is 9.43. The summed E-state index contributed by atoms with van der Waals surface area (Å²) in [7, 11) is 0.917.